The molecule has 1 unspecified atom stereocenters. The average Bonchev–Trinajstić information content (AvgIpc) is 2.83. The van der Waals surface area contributed by atoms with Crippen LogP contribution in [-0.2, 0) is 9.53 Å². The van der Waals surface area contributed by atoms with Gasteiger partial charge in [0.05, 0.1) is 30.8 Å². The van der Waals surface area contributed by atoms with Crippen LogP contribution in [0.15, 0.2) is 30.3 Å². The van der Waals surface area contributed by atoms with Gasteiger partial charge in [0.1, 0.15) is 5.82 Å². The number of para-hydroxylation sites is 1. The molecule has 1 N–H and O–H groups in total. The summed E-state index contributed by atoms with van der Waals surface area (Å²) in [5.41, 5.74) is 1.53. The summed E-state index contributed by atoms with van der Waals surface area (Å²) in [6, 6.07) is 9.97. The Morgan fingerprint density at radius 1 is 1.09 bits per heavy atom. The van der Waals surface area contributed by atoms with Crippen LogP contribution in [0.3, 0.4) is 0 Å². The van der Waals surface area contributed by atoms with E-state index in [1.807, 2.05) is 42.2 Å². The molecule has 2 aliphatic rings. The lowest BCUT2D eigenvalue weighted by molar-refractivity contribution is -0.122. The molecule has 2 aliphatic heterocycles. The van der Waals surface area contributed by atoms with Crippen molar-refractivity contribution in [3.05, 3.63) is 35.9 Å². The summed E-state index contributed by atoms with van der Waals surface area (Å²) < 4.78 is 5.41. The Labute approximate surface area is 189 Å². The number of morpholine rings is 1. The molecule has 0 spiro atoms. The van der Waals surface area contributed by atoms with Crippen molar-refractivity contribution in [2.45, 2.75) is 26.3 Å². The molecule has 2 fully saturated rings. The van der Waals surface area contributed by atoms with E-state index in [4.69, 9.17) is 9.72 Å². The molecule has 8 nitrogen and oxygen atoms in total. The van der Waals surface area contributed by atoms with Crippen LogP contribution < -0.4 is 10.2 Å². The zero-order chi connectivity index (χ0) is 22.5. The Balaban J connectivity index is 1.48. The van der Waals surface area contributed by atoms with Crippen LogP contribution in [0.2, 0.25) is 0 Å². The van der Waals surface area contributed by atoms with Crippen molar-refractivity contribution in [2.24, 2.45) is 0 Å². The van der Waals surface area contributed by atoms with Crippen LogP contribution in [0, 0.1) is 0 Å². The number of nitrogens with one attached hydrogen (secondary N) is 1. The lowest BCUT2D eigenvalue weighted by atomic mass is 10.1. The third kappa shape index (κ3) is 5.19. The third-order valence-corrected chi connectivity index (χ3v) is 6.31. The van der Waals surface area contributed by atoms with E-state index in [0.717, 1.165) is 49.3 Å². The molecule has 1 atom stereocenters. The monoisotopic (exact) mass is 439 g/mol. The van der Waals surface area contributed by atoms with E-state index in [1.165, 1.54) is 0 Å². The summed E-state index contributed by atoms with van der Waals surface area (Å²) in [5, 5.41) is 3.92. The Hall–Kier alpha value is -2.71. The Morgan fingerprint density at radius 3 is 2.53 bits per heavy atom. The molecule has 0 radical (unpaired) electrons. The smallest absolute Gasteiger partial charge is 0.254 e. The summed E-state index contributed by atoms with van der Waals surface area (Å²) in [6.45, 7) is 10.0. The van der Waals surface area contributed by atoms with E-state index in [-0.39, 0.29) is 17.9 Å². The third-order valence-electron chi connectivity index (χ3n) is 6.31. The molecule has 2 amide bonds. The van der Waals surface area contributed by atoms with Crippen LogP contribution in [0.25, 0.3) is 10.9 Å². The first kappa shape index (κ1) is 22.5. The topological polar surface area (TPSA) is 78.0 Å². The molecule has 0 saturated carbocycles. The number of carbonyl (C=O) groups excluding carboxylic acids is 2. The lowest BCUT2D eigenvalue weighted by Crippen LogP contribution is -2.50. The Bertz CT molecular complexity index is 952. The number of nitrogens with zero attached hydrogens (tertiary/aromatic N) is 4. The number of benzene rings is 1. The number of anilines is 1. The number of ether oxygens (including phenoxy) is 1. The van der Waals surface area contributed by atoms with Crippen LogP contribution in [0.1, 0.15) is 30.6 Å². The standard InChI is InChI=1S/C24H33N5O3/c1-3-18(2)25-23(30)17-27-8-10-28(11-9-27)22-16-20(19-6-4-5-7-21(19)26-22)24(31)29-12-14-32-15-13-29/h4-7,16,18H,3,8-15,17H2,1-2H3,(H,25,30). The van der Waals surface area contributed by atoms with Crippen molar-refractivity contribution in [1.82, 2.24) is 20.1 Å². The maximum absolute atomic E-state index is 13.3. The van der Waals surface area contributed by atoms with Gasteiger partial charge < -0.3 is 19.9 Å². The molecule has 3 heterocycles. The Morgan fingerprint density at radius 2 is 1.81 bits per heavy atom. The minimum Gasteiger partial charge on any atom is -0.378 e. The molecule has 8 heteroatoms. The van der Waals surface area contributed by atoms with Gasteiger partial charge in [-0.3, -0.25) is 14.5 Å². The zero-order valence-electron chi connectivity index (χ0n) is 19.0. The highest BCUT2D eigenvalue weighted by Gasteiger charge is 2.25. The van der Waals surface area contributed by atoms with Gasteiger partial charge in [0, 0.05) is 50.7 Å². The van der Waals surface area contributed by atoms with E-state index in [9.17, 15) is 9.59 Å². The van der Waals surface area contributed by atoms with E-state index in [1.54, 1.807) is 0 Å². The maximum Gasteiger partial charge on any atom is 0.254 e. The predicted octanol–water partition coefficient (Wildman–Crippen LogP) is 1.74. The molecule has 172 valence electrons. The highest BCUT2D eigenvalue weighted by molar-refractivity contribution is 6.07. The minimum atomic E-state index is 0.0356. The summed E-state index contributed by atoms with van der Waals surface area (Å²) in [4.78, 5) is 36.6. The minimum absolute atomic E-state index is 0.0356. The van der Waals surface area contributed by atoms with Crippen molar-refractivity contribution in [1.29, 1.82) is 0 Å². The van der Waals surface area contributed by atoms with Gasteiger partial charge in [-0.25, -0.2) is 4.98 Å². The molecule has 1 aromatic heterocycles. The lowest BCUT2D eigenvalue weighted by Gasteiger charge is -2.35. The highest BCUT2D eigenvalue weighted by atomic mass is 16.5. The fourth-order valence-electron chi connectivity index (χ4n) is 4.20. The van der Waals surface area contributed by atoms with E-state index < -0.39 is 0 Å². The van der Waals surface area contributed by atoms with Gasteiger partial charge in [-0.05, 0) is 25.5 Å². The molecular formula is C24H33N5O3. The molecule has 32 heavy (non-hydrogen) atoms. The van der Waals surface area contributed by atoms with Crippen molar-refractivity contribution in [3.63, 3.8) is 0 Å². The van der Waals surface area contributed by atoms with Gasteiger partial charge >= 0.3 is 0 Å². The predicted molar refractivity (Wildman–Crippen MR) is 125 cm³/mol. The fraction of sp³-hybridized carbons (Fsp3) is 0.542. The molecule has 0 bridgehead atoms. The van der Waals surface area contributed by atoms with Crippen LogP contribution in [0.5, 0.6) is 0 Å². The molecule has 1 aromatic carbocycles. The van der Waals surface area contributed by atoms with Gasteiger partial charge in [-0.2, -0.15) is 0 Å². The van der Waals surface area contributed by atoms with E-state index in [0.29, 0.717) is 38.4 Å². The second-order valence-corrected chi connectivity index (χ2v) is 8.59. The Kier molecular flexibility index (Phi) is 7.22. The summed E-state index contributed by atoms with van der Waals surface area (Å²) in [7, 11) is 0. The largest absolute Gasteiger partial charge is 0.378 e. The first-order valence-corrected chi connectivity index (χ1v) is 11.6. The van der Waals surface area contributed by atoms with Gasteiger partial charge in [0.15, 0.2) is 0 Å². The second kappa shape index (κ2) is 10.3. The first-order valence-electron chi connectivity index (χ1n) is 11.6. The number of pyridine rings is 1. The van der Waals surface area contributed by atoms with Crippen molar-refractivity contribution in [2.75, 3.05) is 63.9 Å². The SMILES string of the molecule is CCC(C)NC(=O)CN1CCN(c2cc(C(=O)N3CCOCC3)c3ccccc3n2)CC1. The van der Waals surface area contributed by atoms with Crippen molar-refractivity contribution < 1.29 is 14.3 Å². The number of aromatic nitrogens is 1. The quantitative estimate of drug-likeness (QED) is 0.739. The number of piperazine rings is 1. The summed E-state index contributed by atoms with van der Waals surface area (Å²) in [6.07, 6.45) is 0.929. The molecule has 2 saturated heterocycles. The number of hydrogen-bond acceptors (Lipinski definition) is 6. The number of rotatable bonds is 6. The van der Waals surface area contributed by atoms with Gasteiger partial charge in [-0.15, -0.1) is 0 Å². The van der Waals surface area contributed by atoms with Crippen LogP contribution in [-0.4, -0.2) is 91.7 Å². The average molecular weight is 440 g/mol. The van der Waals surface area contributed by atoms with Crippen molar-refractivity contribution in [3.8, 4) is 0 Å². The molecule has 4 rings (SSSR count). The van der Waals surface area contributed by atoms with E-state index in [2.05, 4.69) is 22.0 Å². The number of carbonyl (C=O) groups is 2. The number of amides is 2. The summed E-state index contributed by atoms with van der Waals surface area (Å²) >= 11 is 0. The number of hydrogen-bond donors (Lipinski definition) is 1. The van der Waals surface area contributed by atoms with Crippen LogP contribution in [0.4, 0.5) is 5.82 Å². The van der Waals surface area contributed by atoms with Gasteiger partial charge in [0.2, 0.25) is 5.91 Å². The van der Waals surface area contributed by atoms with Crippen molar-refractivity contribution >= 4 is 28.5 Å². The summed E-state index contributed by atoms with van der Waals surface area (Å²) in [5.74, 6) is 0.938. The molecular weight excluding hydrogens is 406 g/mol. The second-order valence-electron chi connectivity index (χ2n) is 8.59. The zero-order valence-corrected chi connectivity index (χ0v) is 19.0. The fourth-order valence-corrected chi connectivity index (χ4v) is 4.20. The first-order chi connectivity index (χ1) is 15.5. The van der Waals surface area contributed by atoms with Gasteiger partial charge in [0.25, 0.3) is 5.91 Å². The number of fused-ring (bicyclic) bond motifs is 1. The highest BCUT2D eigenvalue weighted by Crippen LogP contribution is 2.25. The molecule has 2 aromatic rings. The van der Waals surface area contributed by atoms with Gasteiger partial charge in [-0.1, -0.05) is 25.1 Å². The van der Waals surface area contributed by atoms with Crippen LogP contribution >= 0.6 is 0 Å². The normalized spacial score (nSPS) is 18.6. The maximum atomic E-state index is 13.3. The molecule has 0 aliphatic carbocycles. The van der Waals surface area contributed by atoms with E-state index >= 15 is 0 Å².